The summed E-state index contributed by atoms with van der Waals surface area (Å²) in [6, 6.07) is 5.60. The lowest BCUT2D eigenvalue weighted by molar-refractivity contribution is 0.0917. The molecule has 2 aromatic heterocycles. The van der Waals surface area contributed by atoms with Crippen LogP contribution in [0.2, 0.25) is 0 Å². The molecular formula is C12H17ClN4O. The third-order valence-electron chi connectivity index (χ3n) is 2.63. The Morgan fingerprint density at radius 1 is 1.50 bits per heavy atom. The summed E-state index contributed by atoms with van der Waals surface area (Å²) >= 11 is 0. The second-order valence-corrected chi connectivity index (χ2v) is 4.63. The molecule has 0 bridgehead atoms. The summed E-state index contributed by atoms with van der Waals surface area (Å²) < 4.78 is 1.67. The van der Waals surface area contributed by atoms with Gasteiger partial charge in [0, 0.05) is 18.3 Å². The molecule has 6 heteroatoms. The largest absolute Gasteiger partial charge is 0.346 e. The SMILES string of the molecule is CC(C)(CN)NC(=O)c1cnn2ccccc12.Cl. The second-order valence-electron chi connectivity index (χ2n) is 4.63. The average Bonchev–Trinajstić information content (AvgIpc) is 2.72. The third-order valence-corrected chi connectivity index (χ3v) is 2.63. The third kappa shape index (κ3) is 2.80. The molecule has 0 aliphatic carbocycles. The van der Waals surface area contributed by atoms with Gasteiger partial charge in [-0.25, -0.2) is 4.52 Å². The number of carbonyl (C=O) groups excluding carboxylic acids is 1. The first-order valence-corrected chi connectivity index (χ1v) is 5.48. The number of nitrogens with zero attached hydrogens (tertiary/aromatic N) is 2. The molecule has 0 radical (unpaired) electrons. The first kappa shape index (κ1) is 14.5. The lowest BCUT2D eigenvalue weighted by atomic mass is 10.1. The first-order chi connectivity index (χ1) is 8.03. The standard InChI is InChI=1S/C12H16N4O.ClH/c1-12(2,8-13)15-11(17)9-7-14-16-6-4-3-5-10(9)16;/h3-7H,8,13H2,1-2H3,(H,15,17);1H. The van der Waals surface area contributed by atoms with E-state index < -0.39 is 5.54 Å². The zero-order valence-corrected chi connectivity index (χ0v) is 11.2. The van der Waals surface area contributed by atoms with E-state index in [4.69, 9.17) is 5.73 Å². The molecule has 18 heavy (non-hydrogen) atoms. The molecule has 2 rings (SSSR count). The molecule has 2 aromatic rings. The highest BCUT2D eigenvalue weighted by Crippen LogP contribution is 2.11. The number of nitrogens with one attached hydrogen (secondary N) is 1. The monoisotopic (exact) mass is 268 g/mol. The number of rotatable bonds is 3. The molecular weight excluding hydrogens is 252 g/mol. The Kier molecular flexibility index (Phi) is 4.32. The summed E-state index contributed by atoms with van der Waals surface area (Å²) in [4.78, 5) is 12.1. The van der Waals surface area contributed by atoms with Gasteiger partial charge in [-0.1, -0.05) is 6.07 Å². The molecule has 0 atom stereocenters. The minimum atomic E-state index is -0.417. The number of aromatic nitrogens is 2. The number of fused-ring (bicyclic) bond motifs is 1. The Labute approximate surface area is 112 Å². The molecule has 2 heterocycles. The van der Waals surface area contributed by atoms with E-state index >= 15 is 0 Å². The Hall–Kier alpha value is -1.59. The highest BCUT2D eigenvalue weighted by Gasteiger charge is 2.21. The van der Waals surface area contributed by atoms with Crippen LogP contribution in [0.5, 0.6) is 0 Å². The molecule has 1 amide bonds. The highest BCUT2D eigenvalue weighted by atomic mass is 35.5. The topological polar surface area (TPSA) is 72.4 Å². The van der Waals surface area contributed by atoms with Gasteiger partial charge in [0.2, 0.25) is 0 Å². The van der Waals surface area contributed by atoms with Crippen molar-refractivity contribution in [3.05, 3.63) is 36.2 Å². The molecule has 0 saturated carbocycles. The first-order valence-electron chi connectivity index (χ1n) is 5.48. The van der Waals surface area contributed by atoms with Crippen LogP contribution in [0, 0.1) is 0 Å². The van der Waals surface area contributed by atoms with Crippen LogP contribution in [-0.4, -0.2) is 27.6 Å². The normalized spacial score (nSPS) is 11.1. The van der Waals surface area contributed by atoms with E-state index in [0.717, 1.165) is 5.52 Å². The van der Waals surface area contributed by atoms with Crippen molar-refractivity contribution >= 4 is 23.8 Å². The van der Waals surface area contributed by atoms with Crippen molar-refractivity contribution < 1.29 is 4.79 Å². The van der Waals surface area contributed by atoms with Crippen LogP contribution in [0.1, 0.15) is 24.2 Å². The van der Waals surface area contributed by atoms with E-state index in [1.807, 2.05) is 32.0 Å². The van der Waals surface area contributed by atoms with Gasteiger partial charge < -0.3 is 11.1 Å². The Morgan fingerprint density at radius 2 is 2.22 bits per heavy atom. The maximum Gasteiger partial charge on any atom is 0.255 e. The molecule has 0 saturated heterocycles. The van der Waals surface area contributed by atoms with Crippen LogP contribution < -0.4 is 11.1 Å². The van der Waals surface area contributed by atoms with Gasteiger partial charge in [-0.3, -0.25) is 4.79 Å². The van der Waals surface area contributed by atoms with Crippen LogP contribution in [-0.2, 0) is 0 Å². The predicted octanol–water partition coefficient (Wildman–Crippen LogP) is 1.22. The van der Waals surface area contributed by atoms with Gasteiger partial charge in [0.25, 0.3) is 5.91 Å². The van der Waals surface area contributed by atoms with Crippen LogP contribution in [0.15, 0.2) is 30.6 Å². The average molecular weight is 269 g/mol. The number of halogens is 1. The zero-order chi connectivity index (χ0) is 12.5. The van der Waals surface area contributed by atoms with Crippen molar-refractivity contribution in [1.29, 1.82) is 0 Å². The Balaban J connectivity index is 0.00000162. The van der Waals surface area contributed by atoms with Crippen molar-refractivity contribution in [2.75, 3.05) is 6.54 Å². The van der Waals surface area contributed by atoms with E-state index in [-0.39, 0.29) is 18.3 Å². The van der Waals surface area contributed by atoms with Crippen molar-refractivity contribution in [2.24, 2.45) is 5.73 Å². The lowest BCUT2D eigenvalue weighted by Gasteiger charge is -2.23. The van der Waals surface area contributed by atoms with Crippen molar-refractivity contribution in [2.45, 2.75) is 19.4 Å². The summed E-state index contributed by atoms with van der Waals surface area (Å²) in [5.74, 6) is -0.151. The van der Waals surface area contributed by atoms with Gasteiger partial charge in [-0.2, -0.15) is 5.10 Å². The summed E-state index contributed by atoms with van der Waals surface area (Å²) in [6.45, 7) is 4.16. The van der Waals surface area contributed by atoms with Crippen molar-refractivity contribution in [3.8, 4) is 0 Å². The minimum absolute atomic E-state index is 0. The Bertz CT molecular complexity index is 550. The van der Waals surface area contributed by atoms with Crippen LogP contribution >= 0.6 is 12.4 Å². The quantitative estimate of drug-likeness (QED) is 0.879. The van der Waals surface area contributed by atoms with Gasteiger partial charge in [-0.05, 0) is 26.0 Å². The summed E-state index contributed by atoms with van der Waals surface area (Å²) in [7, 11) is 0. The maximum atomic E-state index is 12.1. The van der Waals surface area contributed by atoms with E-state index in [1.165, 1.54) is 0 Å². The molecule has 5 nitrogen and oxygen atoms in total. The summed E-state index contributed by atoms with van der Waals surface area (Å²) in [5, 5.41) is 7.00. The number of nitrogens with two attached hydrogens (primary N) is 1. The van der Waals surface area contributed by atoms with Gasteiger partial charge in [0.15, 0.2) is 0 Å². The fourth-order valence-corrected chi connectivity index (χ4v) is 1.54. The zero-order valence-electron chi connectivity index (χ0n) is 10.4. The highest BCUT2D eigenvalue weighted by molar-refractivity contribution is 6.00. The summed E-state index contributed by atoms with van der Waals surface area (Å²) in [6.07, 6.45) is 3.37. The van der Waals surface area contributed by atoms with Crippen LogP contribution in [0.4, 0.5) is 0 Å². The van der Waals surface area contributed by atoms with Gasteiger partial charge in [0.05, 0.1) is 17.3 Å². The number of hydrogen-bond donors (Lipinski definition) is 2. The number of amides is 1. The predicted molar refractivity (Wildman–Crippen MR) is 73.0 cm³/mol. The Morgan fingerprint density at radius 3 is 2.89 bits per heavy atom. The molecule has 0 fully saturated rings. The lowest BCUT2D eigenvalue weighted by Crippen LogP contribution is -2.48. The summed E-state index contributed by atoms with van der Waals surface area (Å²) in [5.41, 5.74) is 6.52. The van der Waals surface area contributed by atoms with Crippen molar-refractivity contribution in [3.63, 3.8) is 0 Å². The molecule has 0 aliphatic rings. The van der Waals surface area contributed by atoms with Crippen molar-refractivity contribution in [1.82, 2.24) is 14.9 Å². The van der Waals surface area contributed by atoms with E-state index in [9.17, 15) is 4.79 Å². The van der Waals surface area contributed by atoms with Gasteiger partial charge in [-0.15, -0.1) is 12.4 Å². The molecule has 0 spiro atoms. The fraction of sp³-hybridized carbons (Fsp3) is 0.333. The van der Waals surface area contributed by atoms with E-state index in [0.29, 0.717) is 12.1 Å². The molecule has 3 N–H and O–H groups in total. The molecule has 0 unspecified atom stereocenters. The van der Waals surface area contributed by atoms with Crippen LogP contribution in [0.3, 0.4) is 0 Å². The second kappa shape index (κ2) is 5.37. The van der Waals surface area contributed by atoms with E-state index in [2.05, 4.69) is 10.4 Å². The number of carbonyl (C=O) groups is 1. The maximum absolute atomic E-state index is 12.1. The molecule has 0 aromatic carbocycles. The number of pyridine rings is 1. The fourth-order valence-electron chi connectivity index (χ4n) is 1.54. The number of hydrogen-bond acceptors (Lipinski definition) is 3. The van der Waals surface area contributed by atoms with Crippen LogP contribution in [0.25, 0.3) is 5.52 Å². The smallest absolute Gasteiger partial charge is 0.255 e. The van der Waals surface area contributed by atoms with E-state index in [1.54, 1.807) is 16.9 Å². The van der Waals surface area contributed by atoms with Gasteiger partial charge >= 0.3 is 0 Å². The molecule has 98 valence electrons. The molecule has 0 aliphatic heterocycles. The van der Waals surface area contributed by atoms with Gasteiger partial charge in [0.1, 0.15) is 0 Å². The minimum Gasteiger partial charge on any atom is -0.346 e.